The summed E-state index contributed by atoms with van der Waals surface area (Å²) < 4.78 is 30.9. The molecule has 0 aliphatic carbocycles. The number of para-hydroxylation sites is 1. The molecule has 0 aliphatic rings. The summed E-state index contributed by atoms with van der Waals surface area (Å²) in [6.45, 7) is 0. The highest BCUT2D eigenvalue weighted by atomic mass is 19.2. The molecule has 2 rings (SSSR count). The van der Waals surface area contributed by atoms with Crippen molar-refractivity contribution >= 4 is 5.97 Å². The number of carbonyl (C=O) groups is 1. The lowest BCUT2D eigenvalue weighted by molar-refractivity contribution is 0.0694. The molecule has 0 saturated carbocycles. The summed E-state index contributed by atoms with van der Waals surface area (Å²) in [6.07, 6.45) is 0. The van der Waals surface area contributed by atoms with Crippen LogP contribution in [0.3, 0.4) is 0 Å². The van der Waals surface area contributed by atoms with Crippen LogP contribution >= 0.6 is 0 Å². The molecule has 3 nitrogen and oxygen atoms in total. The molecule has 1 N–H and O–H groups in total. The average molecular weight is 250 g/mol. The normalized spacial score (nSPS) is 10.1. The van der Waals surface area contributed by atoms with Crippen LogP contribution < -0.4 is 4.74 Å². The molecule has 18 heavy (non-hydrogen) atoms. The third-order valence-corrected chi connectivity index (χ3v) is 2.24. The summed E-state index contributed by atoms with van der Waals surface area (Å²) in [5.41, 5.74) is -0.0535. The van der Waals surface area contributed by atoms with Crippen LogP contribution in [0.2, 0.25) is 0 Å². The summed E-state index contributed by atoms with van der Waals surface area (Å²) in [5.74, 6) is -3.11. The molecule has 0 heterocycles. The Hall–Kier alpha value is -2.43. The van der Waals surface area contributed by atoms with Gasteiger partial charge in [0.15, 0.2) is 11.6 Å². The number of halogens is 2. The van der Waals surface area contributed by atoms with Gasteiger partial charge in [0, 0.05) is 6.07 Å². The highest BCUT2D eigenvalue weighted by molar-refractivity contribution is 5.90. The second-order valence-corrected chi connectivity index (χ2v) is 3.48. The Morgan fingerprint density at radius 1 is 1.06 bits per heavy atom. The van der Waals surface area contributed by atoms with Gasteiger partial charge >= 0.3 is 5.97 Å². The predicted octanol–water partition coefficient (Wildman–Crippen LogP) is 3.46. The first kappa shape index (κ1) is 12.0. The van der Waals surface area contributed by atoms with Crippen molar-refractivity contribution in [1.29, 1.82) is 0 Å². The molecule has 0 unspecified atom stereocenters. The van der Waals surface area contributed by atoms with Gasteiger partial charge in [-0.1, -0.05) is 12.1 Å². The van der Waals surface area contributed by atoms with Crippen LogP contribution in [0.4, 0.5) is 8.78 Å². The molecule has 2 aromatic carbocycles. The second-order valence-electron chi connectivity index (χ2n) is 3.48. The zero-order chi connectivity index (χ0) is 13.1. The topological polar surface area (TPSA) is 46.5 Å². The van der Waals surface area contributed by atoms with Gasteiger partial charge < -0.3 is 9.84 Å². The van der Waals surface area contributed by atoms with E-state index >= 15 is 0 Å². The number of rotatable bonds is 3. The minimum atomic E-state index is -1.16. The van der Waals surface area contributed by atoms with Gasteiger partial charge in [-0.15, -0.1) is 0 Å². The van der Waals surface area contributed by atoms with Gasteiger partial charge in [0.1, 0.15) is 17.1 Å². The third kappa shape index (κ3) is 2.45. The van der Waals surface area contributed by atoms with Gasteiger partial charge in [0.25, 0.3) is 0 Å². The second kappa shape index (κ2) is 4.83. The quantitative estimate of drug-likeness (QED) is 0.907. The first-order chi connectivity index (χ1) is 8.58. The van der Waals surface area contributed by atoms with E-state index in [-0.39, 0.29) is 17.1 Å². The van der Waals surface area contributed by atoms with Crippen molar-refractivity contribution in [2.24, 2.45) is 0 Å². The van der Waals surface area contributed by atoms with E-state index in [4.69, 9.17) is 9.84 Å². The Labute approximate surface area is 101 Å². The number of hydrogen-bond acceptors (Lipinski definition) is 2. The van der Waals surface area contributed by atoms with Crippen LogP contribution in [-0.4, -0.2) is 11.1 Å². The van der Waals surface area contributed by atoms with Crippen LogP contribution in [0.25, 0.3) is 0 Å². The summed E-state index contributed by atoms with van der Waals surface area (Å²) in [4.78, 5) is 10.9. The summed E-state index contributed by atoms with van der Waals surface area (Å²) in [6, 6.07) is 8.91. The first-order valence-electron chi connectivity index (χ1n) is 5.03. The van der Waals surface area contributed by atoms with Gasteiger partial charge in [-0.3, -0.25) is 0 Å². The van der Waals surface area contributed by atoms with Crippen molar-refractivity contribution in [3.8, 4) is 11.5 Å². The van der Waals surface area contributed by atoms with Crippen LogP contribution in [0.15, 0.2) is 42.5 Å². The fourth-order valence-electron chi connectivity index (χ4n) is 1.40. The van der Waals surface area contributed by atoms with Gasteiger partial charge in [0.2, 0.25) is 0 Å². The molecule has 5 heteroatoms. The largest absolute Gasteiger partial charge is 0.478 e. The van der Waals surface area contributed by atoms with Crippen molar-refractivity contribution in [2.45, 2.75) is 0 Å². The third-order valence-electron chi connectivity index (χ3n) is 2.24. The predicted molar refractivity (Wildman–Crippen MR) is 59.8 cm³/mol. The maximum Gasteiger partial charge on any atom is 0.339 e. The average Bonchev–Trinajstić information content (AvgIpc) is 2.34. The highest BCUT2D eigenvalue weighted by Gasteiger charge is 2.11. The Morgan fingerprint density at radius 3 is 2.44 bits per heavy atom. The highest BCUT2D eigenvalue weighted by Crippen LogP contribution is 2.26. The first-order valence-corrected chi connectivity index (χ1v) is 5.03. The number of benzene rings is 2. The zero-order valence-corrected chi connectivity index (χ0v) is 9.06. The SMILES string of the molecule is O=C(O)c1ccccc1Oc1ccc(F)c(F)c1. The maximum absolute atomic E-state index is 13.0. The Balaban J connectivity index is 2.34. The van der Waals surface area contributed by atoms with E-state index in [1.807, 2.05) is 0 Å². The summed E-state index contributed by atoms with van der Waals surface area (Å²) in [5, 5.41) is 8.93. The number of carboxylic acids is 1. The fraction of sp³-hybridized carbons (Fsp3) is 0. The van der Waals surface area contributed by atoms with Gasteiger partial charge in [-0.05, 0) is 24.3 Å². The van der Waals surface area contributed by atoms with E-state index in [0.29, 0.717) is 0 Å². The van der Waals surface area contributed by atoms with Crippen LogP contribution in [0.1, 0.15) is 10.4 Å². The van der Waals surface area contributed by atoms with E-state index in [0.717, 1.165) is 12.1 Å². The number of hydrogen-bond donors (Lipinski definition) is 1. The fourth-order valence-corrected chi connectivity index (χ4v) is 1.40. The molecule has 0 atom stereocenters. The lowest BCUT2D eigenvalue weighted by atomic mass is 10.2. The van der Waals surface area contributed by atoms with Crippen molar-refractivity contribution in [2.75, 3.05) is 0 Å². The smallest absolute Gasteiger partial charge is 0.339 e. The van der Waals surface area contributed by atoms with E-state index < -0.39 is 17.6 Å². The lowest BCUT2D eigenvalue weighted by Gasteiger charge is -2.08. The van der Waals surface area contributed by atoms with E-state index in [9.17, 15) is 13.6 Å². The Kier molecular flexibility index (Phi) is 3.23. The Bertz CT molecular complexity index is 597. The lowest BCUT2D eigenvalue weighted by Crippen LogP contribution is -1.99. The summed E-state index contributed by atoms with van der Waals surface area (Å²) >= 11 is 0. The molecular formula is C13H8F2O3. The van der Waals surface area contributed by atoms with Crippen molar-refractivity contribution in [3.63, 3.8) is 0 Å². The molecular weight excluding hydrogens is 242 g/mol. The van der Waals surface area contributed by atoms with E-state index in [2.05, 4.69) is 0 Å². The minimum absolute atomic E-state index is 0.0302. The minimum Gasteiger partial charge on any atom is -0.478 e. The Morgan fingerprint density at radius 2 is 1.78 bits per heavy atom. The molecule has 0 saturated heterocycles. The van der Waals surface area contributed by atoms with Crippen molar-refractivity contribution < 1.29 is 23.4 Å². The van der Waals surface area contributed by atoms with Gasteiger partial charge in [-0.2, -0.15) is 0 Å². The van der Waals surface area contributed by atoms with E-state index in [1.165, 1.54) is 18.2 Å². The maximum atomic E-state index is 13.0. The molecule has 0 aliphatic heterocycles. The molecule has 0 bridgehead atoms. The molecule has 0 aromatic heterocycles. The zero-order valence-electron chi connectivity index (χ0n) is 9.06. The molecule has 0 spiro atoms. The number of aromatic carboxylic acids is 1. The molecule has 92 valence electrons. The number of carboxylic acid groups (broad SMARTS) is 1. The van der Waals surface area contributed by atoms with Crippen molar-refractivity contribution in [3.05, 3.63) is 59.7 Å². The standard InChI is InChI=1S/C13H8F2O3/c14-10-6-5-8(7-11(10)15)18-12-4-2-1-3-9(12)13(16)17/h1-7H,(H,16,17). The van der Waals surface area contributed by atoms with Crippen LogP contribution in [0.5, 0.6) is 11.5 Å². The molecule has 0 amide bonds. The van der Waals surface area contributed by atoms with Crippen molar-refractivity contribution in [1.82, 2.24) is 0 Å². The number of ether oxygens (including phenoxy) is 1. The van der Waals surface area contributed by atoms with Gasteiger partial charge in [-0.25, -0.2) is 13.6 Å². The molecule has 0 radical (unpaired) electrons. The monoisotopic (exact) mass is 250 g/mol. The van der Waals surface area contributed by atoms with Crippen LogP contribution in [-0.2, 0) is 0 Å². The van der Waals surface area contributed by atoms with Crippen LogP contribution in [0, 0.1) is 11.6 Å². The summed E-state index contributed by atoms with van der Waals surface area (Å²) in [7, 11) is 0. The van der Waals surface area contributed by atoms with Gasteiger partial charge in [0.05, 0.1) is 0 Å². The molecule has 2 aromatic rings. The van der Waals surface area contributed by atoms with E-state index in [1.54, 1.807) is 12.1 Å². The molecule has 0 fully saturated rings.